The Labute approximate surface area is 134 Å². The van der Waals surface area contributed by atoms with Crippen LogP contribution in [0.3, 0.4) is 0 Å². The summed E-state index contributed by atoms with van der Waals surface area (Å²) in [5.74, 6) is -0.297. The van der Waals surface area contributed by atoms with E-state index in [1.54, 1.807) is 11.3 Å². The maximum Gasteiger partial charge on any atom is 0.338 e. The molecule has 1 heterocycles. The number of rotatable bonds is 2. The Morgan fingerprint density at radius 1 is 1.10 bits per heavy atom. The van der Waals surface area contributed by atoms with Crippen molar-refractivity contribution >= 4 is 50.0 Å². The number of ether oxygens (including phenoxy) is 1. The highest BCUT2D eigenvalue weighted by Crippen LogP contribution is 2.40. The fourth-order valence-corrected chi connectivity index (χ4v) is 4.56. The molecule has 2 nitrogen and oxygen atoms in total. The second-order valence-corrected chi connectivity index (χ2v) is 6.41. The molecule has 0 fully saturated rings. The molecule has 3 aromatic rings. The Hall–Kier alpha value is -1.40. The van der Waals surface area contributed by atoms with Crippen molar-refractivity contribution in [2.45, 2.75) is 0 Å². The van der Waals surface area contributed by atoms with Crippen LogP contribution in [0, 0.1) is 3.57 Å². The molecular formula is C16H11IO2S. The number of fused-ring (bicyclic) bond motifs is 1. The lowest BCUT2D eigenvalue weighted by Gasteiger charge is -2.06. The second-order valence-electron chi connectivity index (χ2n) is 4.28. The molecule has 0 bridgehead atoms. The molecule has 0 aliphatic rings. The van der Waals surface area contributed by atoms with Crippen LogP contribution in [-0.4, -0.2) is 13.1 Å². The first-order chi connectivity index (χ1) is 9.72. The highest BCUT2D eigenvalue weighted by molar-refractivity contribution is 14.1. The summed E-state index contributed by atoms with van der Waals surface area (Å²) in [6, 6.07) is 15.9. The lowest BCUT2D eigenvalue weighted by atomic mass is 10.1. The van der Waals surface area contributed by atoms with E-state index in [0.29, 0.717) is 5.56 Å². The van der Waals surface area contributed by atoms with Crippen LogP contribution in [0.2, 0.25) is 0 Å². The molecule has 0 aliphatic heterocycles. The average Bonchev–Trinajstić information content (AvgIpc) is 2.84. The SMILES string of the molecule is COC(=O)c1ccccc1-c1sc2ccccc2c1I. The minimum Gasteiger partial charge on any atom is -0.465 e. The number of esters is 1. The minimum absolute atomic E-state index is 0.297. The number of carbonyl (C=O) groups excluding carboxylic acids is 1. The molecular weight excluding hydrogens is 383 g/mol. The monoisotopic (exact) mass is 394 g/mol. The molecule has 0 radical (unpaired) electrons. The van der Waals surface area contributed by atoms with Gasteiger partial charge >= 0.3 is 5.97 Å². The Morgan fingerprint density at radius 3 is 2.55 bits per heavy atom. The maximum atomic E-state index is 11.9. The molecule has 100 valence electrons. The quantitative estimate of drug-likeness (QED) is 0.454. The highest BCUT2D eigenvalue weighted by Gasteiger charge is 2.17. The van der Waals surface area contributed by atoms with Gasteiger partial charge in [0.2, 0.25) is 0 Å². The molecule has 0 saturated carbocycles. The molecule has 0 saturated heterocycles. The molecule has 4 heteroatoms. The smallest absolute Gasteiger partial charge is 0.338 e. The maximum absolute atomic E-state index is 11.9. The fraction of sp³-hybridized carbons (Fsp3) is 0.0625. The Kier molecular flexibility index (Phi) is 3.76. The number of halogens is 1. The van der Waals surface area contributed by atoms with Crippen LogP contribution >= 0.6 is 33.9 Å². The van der Waals surface area contributed by atoms with E-state index >= 15 is 0 Å². The molecule has 2 aromatic carbocycles. The second kappa shape index (κ2) is 5.54. The third-order valence-electron chi connectivity index (χ3n) is 3.11. The highest BCUT2D eigenvalue weighted by atomic mass is 127. The molecule has 0 spiro atoms. The first-order valence-electron chi connectivity index (χ1n) is 6.07. The average molecular weight is 394 g/mol. The van der Waals surface area contributed by atoms with Crippen LogP contribution in [-0.2, 0) is 4.74 Å². The summed E-state index contributed by atoms with van der Waals surface area (Å²) >= 11 is 4.05. The lowest BCUT2D eigenvalue weighted by Crippen LogP contribution is -2.03. The predicted octanol–water partition coefficient (Wildman–Crippen LogP) is 4.96. The van der Waals surface area contributed by atoms with Crippen molar-refractivity contribution in [2.75, 3.05) is 7.11 Å². The van der Waals surface area contributed by atoms with Gasteiger partial charge in [-0.3, -0.25) is 0 Å². The topological polar surface area (TPSA) is 26.3 Å². The Morgan fingerprint density at radius 2 is 1.80 bits per heavy atom. The van der Waals surface area contributed by atoms with Gasteiger partial charge in [0.05, 0.1) is 12.7 Å². The standard InChI is InChI=1S/C16H11IO2S/c1-19-16(18)11-7-3-2-6-10(11)15-14(17)12-8-4-5-9-13(12)20-15/h2-9H,1H3. The minimum atomic E-state index is -0.297. The first kappa shape index (κ1) is 13.6. The van der Waals surface area contributed by atoms with E-state index in [2.05, 4.69) is 34.7 Å². The molecule has 0 unspecified atom stereocenters. The third kappa shape index (κ3) is 2.23. The zero-order valence-corrected chi connectivity index (χ0v) is 13.7. The zero-order chi connectivity index (χ0) is 14.1. The van der Waals surface area contributed by atoms with Gasteiger partial charge in [-0.2, -0.15) is 0 Å². The summed E-state index contributed by atoms with van der Waals surface area (Å²) in [4.78, 5) is 13.0. The third-order valence-corrected chi connectivity index (χ3v) is 5.80. The van der Waals surface area contributed by atoms with E-state index in [1.165, 1.54) is 20.8 Å². The van der Waals surface area contributed by atoms with Gasteiger partial charge in [0.1, 0.15) is 0 Å². The van der Waals surface area contributed by atoms with E-state index in [0.717, 1.165) is 10.4 Å². The van der Waals surface area contributed by atoms with Crippen molar-refractivity contribution < 1.29 is 9.53 Å². The van der Waals surface area contributed by atoms with Gasteiger partial charge in [-0.05, 0) is 34.7 Å². The van der Waals surface area contributed by atoms with E-state index in [4.69, 9.17) is 4.74 Å². The predicted molar refractivity (Wildman–Crippen MR) is 91.3 cm³/mol. The Bertz CT molecular complexity index is 792. The largest absolute Gasteiger partial charge is 0.465 e. The van der Waals surface area contributed by atoms with Crippen LogP contribution in [0.1, 0.15) is 10.4 Å². The van der Waals surface area contributed by atoms with Gasteiger partial charge in [0, 0.05) is 24.1 Å². The van der Waals surface area contributed by atoms with E-state index in [-0.39, 0.29) is 5.97 Å². The van der Waals surface area contributed by atoms with Crippen LogP contribution < -0.4 is 0 Å². The molecule has 0 N–H and O–H groups in total. The molecule has 0 atom stereocenters. The van der Waals surface area contributed by atoms with Gasteiger partial charge in [-0.25, -0.2) is 4.79 Å². The van der Waals surface area contributed by atoms with Gasteiger partial charge in [0.25, 0.3) is 0 Å². The number of thiophene rings is 1. The van der Waals surface area contributed by atoms with Crippen LogP contribution in [0.4, 0.5) is 0 Å². The van der Waals surface area contributed by atoms with Crippen molar-refractivity contribution in [3.63, 3.8) is 0 Å². The number of benzene rings is 2. The number of hydrogen-bond acceptors (Lipinski definition) is 3. The summed E-state index contributed by atoms with van der Waals surface area (Å²) in [6.45, 7) is 0. The van der Waals surface area contributed by atoms with Crippen LogP contribution in [0.25, 0.3) is 20.5 Å². The van der Waals surface area contributed by atoms with Gasteiger partial charge < -0.3 is 4.74 Å². The van der Waals surface area contributed by atoms with Gasteiger partial charge in [-0.15, -0.1) is 11.3 Å². The van der Waals surface area contributed by atoms with Crippen molar-refractivity contribution in [1.82, 2.24) is 0 Å². The zero-order valence-electron chi connectivity index (χ0n) is 10.7. The van der Waals surface area contributed by atoms with Crippen molar-refractivity contribution in [3.05, 3.63) is 57.7 Å². The van der Waals surface area contributed by atoms with E-state index in [1.807, 2.05) is 36.4 Å². The van der Waals surface area contributed by atoms with E-state index in [9.17, 15) is 4.79 Å². The summed E-state index contributed by atoms with van der Waals surface area (Å²) in [5.41, 5.74) is 1.55. The molecule has 3 rings (SSSR count). The fourth-order valence-electron chi connectivity index (χ4n) is 2.16. The summed E-state index contributed by atoms with van der Waals surface area (Å²) in [6.07, 6.45) is 0. The molecule has 20 heavy (non-hydrogen) atoms. The molecule has 0 amide bonds. The van der Waals surface area contributed by atoms with Gasteiger partial charge in [0.15, 0.2) is 0 Å². The summed E-state index contributed by atoms with van der Waals surface area (Å²) in [7, 11) is 1.41. The number of methoxy groups -OCH3 is 1. The van der Waals surface area contributed by atoms with Gasteiger partial charge in [-0.1, -0.05) is 36.4 Å². The molecule has 1 aromatic heterocycles. The first-order valence-corrected chi connectivity index (χ1v) is 7.96. The van der Waals surface area contributed by atoms with Crippen molar-refractivity contribution in [3.8, 4) is 10.4 Å². The summed E-state index contributed by atoms with van der Waals surface area (Å²) < 4.78 is 7.28. The lowest BCUT2D eigenvalue weighted by molar-refractivity contribution is 0.0601. The van der Waals surface area contributed by atoms with Crippen LogP contribution in [0.5, 0.6) is 0 Å². The van der Waals surface area contributed by atoms with Crippen molar-refractivity contribution in [1.29, 1.82) is 0 Å². The normalized spacial score (nSPS) is 10.7. The Balaban J connectivity index is 2.26. The number of carbonyl (C=O) groups is 1. The van der Waals surface area contributed by atoms with E-state index < -0.39 is 0 Å². The summed E-state index contributed by atoms with van der Waals surface area (Å²) in [5, 5.41) is 1.23. The van der Waals surface area contributed by atoms with Crippen molar-refractivity contribution in [2.24, 2.45) is 0 Å². The number of hydrogen-bond donors (Lipinski definition) is 0. The van der Waals surface area contributed by atoms with Crippen LogP contribution in [0.15, 0.2) is 48.5 Å². The molecule has 0 aliphatic carbocycles.